The van der Waals surface area contributed by atoms with E-state index in [2.05, 4.69) is 46.4 Å². The van der Waals surface area contributed by atoms with Crippen molar-refractivity contribution in [2.24, 2.45) is 5.92 Å². The molecule has 1 aromatic carbocycles. The molecule has 8 heteroatoms. The predicted molar refractivity (Wildman–Crippen MR) is 126 cm³/mol. The van der Waals surface area contributed by atoms with Crippen LogP contribution >= 0.6 is 0 Å². The summed E-state index contributed by atoms with van der Waals surface area (Å²) in [5.74, 6) is 1.20. The van der Waals surface area contributed by atoms with E-state index in [4.69, 9.17) is 10.7 Å². The number of nitrogens with one attached hydrogen (secondary N) is 1. The molecular formula is C25H29N7O. The number of rotatable bonds is 5. The molecule has 2 fully saturated rings. The first kappa shape index (κ1) is 20.4. The fraction of sp³-hybridized carbons (Fsp3) is 0.440. The molecule has 2 saturated carbocycles. The summed E-state index contributed by atoms with van der Waals surface area (Å²) in [4.78, 5) is 24.0. The minimum Gasteiger partial charge on any atom is -0.381 e. The van der Waals surface area contributed by atoms with Gasteiger partial charge in [0.1, 0.15) is 0 Å². The highest BCUT2D eigenvalue weighted by Crippen LogP contribution is 2.53. The Hall–Kier alpha value is -3.26. The molecule has 0 radical (unpaired) electrons. The highest BCUT2D eigenvalue weighted by Gasteiger charge is 2.49. The third kappa shape index (κ3) is 3.68. The Balaban J connectivity index is 1.32. The lowest BCUT2D eigenvalue weighted by Crippen LogP contribution is -2.35. The molecule has 3 heterocycles. The smallest absolute Gasteiger partial charge is 0.254 e. The quantitative estimate of drug-likeness (QED) is 0.629. The number of fused-ring (bicyclic) bond motifs is 2. The van der Waals surface area contributed by atoms with Gasteiger partial charge in [0.25, 0.3) is 5.91 Å². The van der Waals surface area contributed by atoms with Gasteiger partial charge < -0.3 is 16.0 Å². The van der Waals surface area contributed by atoms with Crippen molar-refractivity contribution in [1.29, 1.82) is 0 Å². The summed E-state index contributed by atoms with van der Waals surface area (Å²) in [6.07, 6.45) is 9.85. The van der Waals surface area contributed by atoms with Crippen molar-refractivity contribution in [3.05, 3.63) is 53.0 Å². The van der Waals surface area contributed by atoms with Crippen molar-refractivity contribution in [2.75, 3.05) is 25.9 Å². The van der Waals surface area contributed by atoms with Crippen LogP contribution in [0, 0.1) is 12.8 Å². The van der Waals surface area contributed by atoms with Crippen LogP contribution in [0.5, 0.6) is 0 Å². The van der Waals surface area contributed by atoms with Gasteiger partial charge in [-0.1, -0.05) is 0 Å². The molecule has 0 atom stereocenters. The topological polar surface area (TPSA) is 102 Å². The van der Waals surface area contributed by atoms with Crippen LogP contribution in [0.15, 0.2) is 30.7 Å². The van der Waals surface area contributed by atoms with E-state index in [1.54, 1.807) is 18.6 Å². The summed E-state index contributed by atoms with van der Waals surface area (Å²) in [7, 11) is 2.20. The molecule has 170 valence electrons. The maximum atomic E-state index is 12.4. The van der Waals surface area contributed by atoms with E-state index in [9.17, 15) is 4.79 Å². The summed E-state index contributed by atoms with van der Waals surface area (Å²) in [5, 5.41) is 7.30. The number of carbonyl (C=O) groups is 1. The minimum absolute atomic E-state index is 0.126. The number of anilines is 1. The molecule has 1 amide bonds. The molecule has 0 unspecified atom stereocenters. The zero-order chi connectivity index (χ0) is 22.7. The van der Waals surface area contributed by atoms with Crippen LogP contribution in [-0.2, 0) is 12.0 Å². The molecule has 1 spiro atoms. The molecule has 0 bridgehead atoms. The Morgan fingerprint density at radius 1 is 1.27 bits per heavy atom. The van der Waals surface area contributed by atoms with E-state index >= 15 is 0 Å². The predicted octanol–water partition coefficient (Wildman–Crippen LogP) is 2.84. The molecule has 3 aromatic rings. The van der Waals surface area contributed by atoms with Crippen LogP contribution < -0.4 is 11.1 Å². The van der Waals surface area contributed by atoms with Crippen molar-refractivity contribution in [2.45, 2.75) is 44.6 Å². The van der Waals surface area contributed by atoms with Crippen molar-refractivity contribution in [3.63, 3.8) is 0 Å². The van der Waals surface area contributed by atoms with E-state index in [0.29, 0.717) is 22.7 Å². The van der Waals surface area contributed by atoms with Gasteiger partial charge in [-0.15, -0.1) is 0 Å². The van der Waals surface area contributed by atoms with Gasteiger partial charge in [-0.3, -0.25) is 4.79 Å². The summed E-state index contributed by atoms with van der Waals surface area (Å²) in [5.41, 5.74) is 13.0. The summed E-state index contributed by atoms with van der Waals surface area (Å²) in [6.45, 7) is 5.01. The number of aromatic nitrogens is 4. The number of nitrogens with two attached hydrogens (primary N) is 1. The Morgan fingerprint density at radius 2 is 2.09 bits per heavy atom. The second-order valence-corrected chi connectivity index (χ2v) is 10.1. The van der Waals surface area contributed by atoms with Crippen molar-refractivity contribution < 1.29 is 4.79 Å². The van der Waals surface area contributed by atoms with E-state index in [0.717, 1.165) is 30.9 Å². The second-order valence-electron chi connectivity index (χ2n) is 10.1. The Bertz CT molecular complexity index is 1260. The van der Waals surface area contributed by atoms with Crippen molar-refractivity contribution in [3.8, 4) is 17.1 Å². The first-order chi connectivity index (χ1) is 15.9. The molecule has 3 N–H and O–H groups in total. The van der Waals surface area contributed by atoms with Crippen molar-refractivity contribution in [1.82, 2.24) is 30.0 Å². The number of hydrogen-bond donors (Lipinski definition) is 2. The highest BCUT2D eigenvalue weighted by molar-refractivity contribution is 5.93. The van der Waals surface area contributed by atoms with E-state index in [1.807, 2.05) is 0 Å². The number of nitrogens with zero attached hydrogens (tertiary/aromatic N) is 5. The number of nitrogen functional groups attached to an aromatic ring is 1. The van der Waals surface area contributed by atoms with Gasteiger partial charge in [-0.2, -0.15) is 5.10 Å². The SMILES string of the molecule is Cc1cc(-c2cnc(N)c(-n3cc(C(=O)NCC4CC4)cn3)n2)cc2c1C1(CC1)CN(C)C2. The number of amides is 1. The van der Waals surface area contributed by atoms with Gasteiger partial charge in [-0.05, 0) is 74.4 Å². The number of hydrogen-bond acceptors (Lipinski definition) is 6. The van der Waals surface area contributed by atoms with Crippen LogP contribution in [0.3, 0.4) is 0 Å². The molecule has 3 aliphatic rings. The van der Waals surface area contributed by atoms with Gasteiger partial charge in [0.15, 0.2) is 11.6 Å². The Labute approximate surface area is 193 Å². The lowest BCUT2D eigenvalue weighted by Gasteiger charge is -2.34. The largest absolute Gasteiger partial charge is 0.381 e. The van der Waals surface area contributed by atoms with Gasteiger partial charge in [-0.25, -0.2) is 14.6 Å². The number of likely N-dealkylation sites (N-methyl/N-ethyl adjacent to an activating group) is 1. The van der Waals surface area contributed by atoms with E-state index in [1.165, 1.54) is 47.1 Å². The molecule has 2 aliphatic carbocycles. The molecule has 8 nitrogen and oxygen atoms in total. The number of aryl methyl sites for hydroxylation is 1. The molecule has 1 aliphatic heterocycles. The van der Waals surface area contributed by atoms with Crippen LogP contribution in [0.4, 0.5) is 5.82 Å². The van der Waals surface area contributed by atoms with Gasteiger partial charge in [0.05, 0.1) is 23.7 Å². The van der Waals surface area contributed by atoms with Gasteiger partial charge in [0, 0.05) is 36.8 Å². The average molecular weight is 444 g/mol. The summed E-state index contributed by atoms with van der Waals surface area (Å²) < 4.78 is 1.54. The highest BCUT2D eigenvalue weighted by atomic mass is 16.1. The fourth-order valence-electron chi connectivity index (χ4n) is 5.31. The monoisotopic (exact) mass is 443 g/mol. The zero-order valence-electron chi connectivity index (χ0n) is 19.1. The third-order valence-electron chi connectivity index (χ3n) is 7.20. The first-order valence-corrected chi connectivity index (χ1v) is 11.7. The summed E-state index contributed by atoms with van der Waals surface area (Å²) >= 11 is 0. The molecule has 33 heavy (non-hydrogen) atoms. The van der Waals surface area contributed by atoms with Gasteiger partial charge in [0.2, 0.25) is 0 Å². The molecule has 2 aromatic heterocycles. The van der Waals surface area contributed by atoms with Crippen LogP contribution in [0.2, 0.25) is 0 Å². The van der Waals surface area contributed by atoms with E-state index in [-0.39, 0.29) is 11.7 Å². The summed E-state index contributed by atoms with van der Waals surface area (Å²) in [6, 6.07) is 4.47. The van der Waals surface area contributed by atoms with Crippen LogP contribution in [0.1, 0.15) is 52.7 Å². The zero-order valence-corrected chi connectivity index (χ0v) is 19.1. The first-order valence-electron chi connectivity index (χ1n) is 11.7. The average Bonchev–Trinajstić information content (AvgIpc) is 3.70. The second kappa shape index (κ2) is 7.38. The van der Waals surface area contributed by atoms with Crippen LogP contribution in [-0.4, -0.2) is 50.7 Å². The third-order valence-corrected chi connectivity index (χ3v) is 7.20. The molecular weight excluding hydrogens is 414 g/mol. The minimum atomic E-state index is -0.126. The van der Waals surface area contributed by atoms with Crippen LogP contribution in [0.25, 0.3) is 17.1 Å². The normalized spacial score (nSPS) is 18.8. The number of benzene rings is 1. The number of carbonyl (C=O) groups excluding carboxylic acids is 1. The lowest BCUT2D eigenvalue weighted by molar-refractivity contribution is 0.0952. The standard InChI is InChI=1S/C25H29N7O/c1-15-7-17(8-18-12-31(2)14-25(5-6-25)21(15)18)20-11-27-22(26)23(30-20)32-13-19(10-29-32)24(33)28-9-16-3-4-16/h7-8,10-11,13,16H,3-6,9,12,14H2,1-2H3,(H2,26,27)(H,28,33). The Morgan fingerprint density at radius 3 is 2.85 bits per heavy atom. The lowest BCUT2D eigenvalue weighted by atomic mass is 9.82. The maximum Gasteiger partial charge on any atom is 0.254 e. The molecule has 0 saturated heterocycles. The van der Waals surface area contributed by atoms with Gasteiger partial charge >= 0.3 is 0 Å². The van der Waals surface area contributed by atoms with E-state index < -0.39 is 0 Å². The van der Waals surface area contributed by atoms with Crippen molar-refractivity contribution >= 4 is 11.7 Å². The fourth-order valence-corrected chi connectivity index (χ4v) is 5.31. The molecule has 6 rings (SSSR count). The Kier molecular flexibility index (Phi) is 4.55. The maximum absolute atomic E-state index is 12.4.